The number of benzene rings is 1. The third-order valence-corrected chi connectivity index (χ3v) is 5.57. The molecular weight excluding hydrogens is 313 g/mol. The number of hydrogen-bond acceptors (Lipinski definition) is 4. The van der Waals surface area contributed by atoms with Gasteiger partial charge in [-0.2, -0.15) is 0 Å². The van der Waals surface area contributed by atoms with Gasteiger partial charge in [-0.05, 0) is 29.5 Å². The quantitative estimate of drug-likeness (QED) is 0.937. The maximum Gasteiger partial charge on any atom is 0.273 e. The normalized spacial score (nSPS) is 23.3. The molecular formula is C17H18FN3OS. The van der Waals surface area contributed by atoms with Crippen LogP contribution in [-0.2, 0) is 6.42 Å². The molecule has 1 aromatic carbocycles. The van der Waals surface area contributed by atoms with Crippen LogP contribution in [0, 0.1) is 17.7 Å². The number of halogens is 1. The number of aromatic nitrogens is 1. The predicted octanol–water partition coefficient (Wildman–Crippen LogP) is 2.16. The van der Waals surface area contributed by atoms with Crippen LogP contribution in [0.15, 0.2) is 29.6 Å². The summed E-state index contributed by atoms with van der Waals surface area (Å²) in [7, 11) is 0. The van der Waals surface area contributed by atoms with Crippen molar-refractivity contribution in [3.8, 4) is 0 Å². The van der Waals surface area contributed by atoms with Gasteiger partial charge in [0.2, 0.25) is 0 Å². The molecule has 2 atom stereocenters. The number of carbonyl (C=O) groups excluding carboxylic acids is 1. The van der Waals surface area contributed by atoms with Crippen molar-refractivity contribution in [1.82, 2.24) is 15.2 Å². The molecule has 2 saturated heterocycles. The average molecular weight is 331 g/mol. The fourth-order valence-corrected chi connectivity index (χ4v) is 4.25. The summed E-state index contributed by atoms with van der Waals surface area (Å²) in [5.74, 6) is 0.992. The zero-order valence-corrected chi connectivity index (χ0v) is 13.5. The first kappa shape index (κ1) is 14.8. The van der Waals surface area contributed by atoms with Gasteiger partial charge in [-0.3, -0.25) is 4.79 Å². The Balaban J connectivity index is 1.43. The van der Waals surface area contributed by atoms with E-state index in [1.54, 1.807) is 12.1 Å². The summed E-state index contributed by atoms with van der Waals surface area (Å²) < 4.78 is 12.9. The lowest BCUT2D eigenvalue weighted by Crippen LogP contribution is -2.32. The molecule has 2 aromatic rings. The fraction of sp³-hybridized carbons (Fsp3) is 0.412. The van der Waals surface area contributed by atoms with Crippen LogP contribution in [0.1, 0.15) is 21.1 Å². The van der Waals surface area contributed by atoms with E-state index >= 15 is 0 Å². The van der Waals surface area contributed by atoms with Crippen LogP contribution in [-0.4, -0.2) is 42.0 Å². The number of fused-ring (bicyclic) bond motifs is 1. The van der Waals surface area contributed by atoms with Gasteiger partial charge in [0, 0.05) is 38.0 Å². The van der Waals surface area contributed by atoms with E-state index < -0.39 is 0 Å². The summed E-state index contributed by atoms with van der Waals surface area (Å²) in [5.41, 5.74) is 1.54. The molecule has 0 aliphatic carbocycles. The number of amides is 1. The van der Waals surface area contributed by atoms with Crippen molar-refractivity contribution in [2.75, 3.05) is 26.2 Å². The molecule has 0 radical (unpaired) electrons. The molecule has 0 spiro atoms. The number of rotatable bonds is 3. The third-order valence-electron chi connectivity index (χ3n) is 4.72. The number of thiazole rings is 1. The van der Waals surface area contributed by atoms with Crippen LogP contribution in [0.25, 0.3) is 0 Å². The highest BCUT2D eigenvalue weighted by atomic mass is 32.1. The van der Waals surface area contributed by atoms with Gasteiger partial charge in [0.25, 0.3) is 5.91 Å². The van der Waals surface area contributed by atoms with E-state index in [0.29, 0.717) is 24.0 Å². The zero-order valence-electron chi connectivity index (χ0n) is 12.7. The van der Waals surface area contributed by atoms with Crippen molar-refractivity contribution in [2.45, 2.75) is 6.42 Å². The summed E-state index contributed by atoms with van der Waals surface area (Å²) in [6, 6.07) is 6.41. The molecule has 1 N–H and O–H groups in total. The van der Waals surface area contributed by atoms with E-state index in [9.17, 15) is 9.18 Å². The van der Waals surface area contributed by atoms with E-state index in [0.717, 1.165) is 36.8 Å². The molecule has 2 fully saturated rings. The van der Waals surface area contributed by atoms with Crippen molar-refractivity contribution in [1.29, 1.82) is 0 Å². The molecule has 4 nitrogen and oxygen atoms in total. The summed E-state index contributed by atoms with van der Waals surface area (Å²) >= 11 is 1.49. The van der Waals surface area contributed by atoms with Crippen LogP contribution in [0.4, 0.5) is 4.39 Å². The summed E-state index contributed by atoms with van der Waals surface area (Å²) in [4.78, 5) is 19.0. The fourth-order valence-electron chi connectivity index (χ4n) is 3.45. The largest absolute Gasteiger partial charge is 0.337 e. The second kappa shape index (κ2) is 6.02. The molecule has 2 aliphatic heterocycles. The van der Waals surface area contributed by atoms with E-state index in [-0.39, 0.29) is 11.7 Å². The Morgan fingerprint density at radius 2 is 1.96 bits per heavy atom. The minimum atomic E-state index is -0.238. The molecule has 4 rings (SSSR count). The van der Waals surface area contributed by atoms with Crippen LogP contribution < -0.4 is 5.32 Å². The number of nitrogens with zero attached hydrogens (tertiary/aromatic N) is 2. The first-order valence-corrected chi connectivity index (χ1v) is 8.76. The summed E-state index contributed by atoms with van der Waals surface area (Å²) in [5, 5.41) is 6.11. The zero-order chi connectivity index (χ0) is 15.8. The van der Waals surface area contributed by atoms with Crippen LogP contribution in [0.2, 0.25) is 0 Å². The highest BCUT2D eigenvalue weighted by Gasteiger charge is 2.38. The Hall–Kier alpha value is -1.79. The van der Waals surface area contributed by atoms with Crippen molar-refractivity contribution in [3.05, 3.63) is 51.7 Å². The summed E-state index contributed by atoms with van der Waals surface area (Å²) in [6.07, 6.45) is 0.632. The Morgan fingerprint density at radius 3 is 2.65 bits per heavy atom. The van der Waals surface area contributed by atoms with Gasteiger partial charge in [0.15, 0.2) is 0 Å². The lowest BCUT2D eigenvalue weighted by molar-refractivity contribution is 0.0776. The highest BCUT2D eigenvalue weighted by Crippen LogP contribution is 2.27. The lowest BCUT2D eigenvalue weighted by atomic mass is 10.0. The first-order chi connectivity index (χ1) is 11.2. The minimum absolute atomic E-state index is 0.0426. The molecule has 120 valence electrons. The second-order valence-corrected chi connectivity index (χ2v) is 7.26. The second-order valence-electron chi connectivity index (χ2n) is 6.32. The van der Waals surface area contributed by atoms with Gasteiger partial charge < -0.3 is 10.2 Å². The van der Waals surface area contributed by atoms with Crippen molar-refractivity contribution >= 4 is 17.2 Å². The molecule has 1 aromatic heterocycles. The van der Waals surface area contributed by atoms with E-state index in [4.69, 9.17) is 0 Å². The minimum Gasteiger partial charge on any atom is -0.337 e. The Bertz CT molecular complexity index is 703. The number of likely N-dealkylation sites (tertiary alicyclic amines) is 1. The monoisotopic (exact) mass is 331 g/mol. The first-order valence-electron chi connectivity index (χ1n) is 7.88. The maximum absolute atomic E-state index is 12.9. The van der Waals surface area contributed by atoms with E-state index in [1.807, 2.05) is 10.3 Å². The van der Waals surface area contributed by atoms with Gasteiger partial charge in [-0.15, -0.1) is 11.3 Å². The highest BCUT2D eigenvalue weighted by molar-refractivity contribution is 7.09. The average Bonchev–Trinajstić information content (AvgIpc) is 3.24. The van der Waals surface area contributed by atoms with Crippen molar-refractivity contribution in [3.63, 3.8) is 0 Å². The molecule has 0 bridgehead atoms. The van der Waals surface area contributed by atoms with Gasteiger partial charge >= 0.3 is 0 Å². The summed E-state index contributed by atoms with van der Waals surface area (Å²) in [6.45, 7) is 3.70. The maximum atomic E-state index is 12.9. The standard InChI is InChI=1S/C17H18FN3OS/c18-14-3-1-11(2-4-14)5-16-20-15(10-23-16)17(22)21-8-12-6-19-7-13(12)9-21/h1-4,10,12-13,19H,5-9H2/t12-,13+. The van der Waals surface area contributed by atoms with Gasteiger partial charge in [0.1, 0.15) is 11.5 Å². The lowest BCUT2D eigenvalue weighted by Gasteiger charge is -2.15. The molecule has 23 heavy (non-hydrogen) atoms. The van der Waals surface area contributed by atoms with E-state index in [2.05, 4.69) is 10.3 Å². The molecule has 0 saturated carbocycles. The van der Waals surface area contributed by atoms with Crippen LogP contribution in [0.3, 0.4) is 0 Å². The van der Waals surface area contributed by atoms with Gasteiger partial charge in [0.05, 0.1) is 5.01 Å². The molecule has 3 heterocycles. The Kier molecular flexibility index (Phi) is 3.87. The Morgan fingerprint density at radius 1 is 1.26 bits per heavy atom. The number of nitrogens with one attached hydrogen (secondary N) is 1. The molecule has 6 heteroatoms. The van der Waals surface area contributed by atoms with Crippen LogP contribution >= 0.6 is 11.3 Å². The van der Waals surface area contributed by atoms with Gasteiger partial charge in [-0.1, -0.05) is 12.1 Å². The number of hydrogen-bond donors (Lipinski definition) is 1. The SMILES string of the molecule is O=C(c1csc(Cc2ccc(F)cc2)n1)N1C[C@H]2CNC[C@H]2C1. The van der Waals surface area contributed by atoms with E-state index in [1.165, 1.54) is 23.5 Å². The predicted molar refractivity (Wildman–Crippen MR) is 87.1 cm³/mol. The molecule has 2 aliphatic rings. The molecule has 0 unspecified atom stereocenters. The van der Waals surface area contributed by atoms with Gasteiger partial charge in [-0.25, -0.2) is 9.37 Å². The van der Waals surface area contributed by atoms with Crippen molar-refractivity contribution in [2.24, 2.45) is 11.8 Å². The smallest absolute Gasteiger partial charge is 0.273 e. The van der Waals surface area contributed by atoms with Crippen LogP contribution in [0.5, 0.6) is 0 Å². The van der Waals surface area contributed by atoms with Crippen molar-refractivity contribution < 1.29 is 9.18 Å². The third kappa shape index (κ3) is 3.01. The molecule has 1 amide bonds. The topological polar surface area (TPSA) is 45.2 Å². The number of carbonyl (C=O) groups is 1. The Labute approximate surface area is 138 Å².